The van der Waals surface area contributed by atoms with Crippen molar-refractivity contribution in [3.63, 3.8) is 0 Å². The summed E-state index contributed by atoms with van der Waals surface area (Å²) in [7, 11) is 0. The van der Waals surface area contributed by atoms with Crippen molar-refractivity contribution in [3.8, 4) is 0 Å². The van der Waals surface area contributed by atoms with E-state index in [2.05, 4.69) is 10.4 Å². The summed E-state index contributed by atoms with van der Waals surface area (Å²) in [6, 6.07) is 0. The van der Waals surface area contributed by atoms with Crippen molar-refractivity contribution in [1.29, 1.82) is 0 Å². The molecule has 0 spiro atoms. The minimum absolute atomic E-state index is 0.0878. The molecule has 0 bridgehead atoms. The molecule has 1 aromatic rings. The molecule has 15 heavy (non-hydrogen) atoms. The predicted octanol–water partition coefficient (Wildman–Crippen LogP) is 0.208. The molecule has 0 unspecified atom stereocenters. The number of carbonyl (C=O) groups excluding carboxylic acids is 1. The maximum Gasteiger partial charge on any atom is 0.255 e. The highest BCUT2D eigenvalue weighted by Gasteiger charge is 2.17. The Morgan fingerprint density at radius 2 is 2.20 bits per heavy atom. The number of aromatic nitrogens is 2. The van der Waals surface area contributed by atoms with Gasteiger partial charge in [-0.05, 0) is 20.8 Å². The van der Waals surface area contributed by atoms with Gasteiger partial charge in [0.25, 0.3) is 5.91 Å². The van der Waals surface area contributed by atoms with Crippen molar-refractivity contribution in [2.24, 2.45) is 5.73 Å². The monoisotopic (exact) mass is 210 g/mol. The molecule has 84 valence electrons. The van der Waals surface area contributed by atoms with Gasteiger partial charge in [-0.15, -0.1) is 0 Å². The summed E-state index contributed by atoms with van der Waals surface area (Å²) in [6.45, 7) is 7.47. The van der Waals surface area contributed by atoms with E-state index in [4.69, 9.17) is 5.73 Å². The van der Waals surface area contributed by atoms with Crippen molar-refractivity contribution in [2.45, 2.75) is 27.3 Å². The van der Waals surface area contributed by atoms with Crippen LogP contribution in [0.1, 0.15) is 28.7 Å². The van der Waals surface area contributed by atoms with Crippen LogP contribution in [-0.4, -0.2) is 28.8 Å². The molecule has 0 aliphatic heterocycles. The average Bonchev–Trinajstić information content (AvgIpc) is 2.50. The van der Waals surface area contributed by atoms with Crippen molar-refractivity contribution < 1.29 is 4.79 Å². The fourth-order valence-corrected chi connectivity index (χ4v) is 1.61. The number of rotatable bonds is 4. The van der Waals surface area contributed by atoms with Crippen LogP contribution in [0, 0.1) is 13.8 Å². The topological polar surface area (TPSA) is 72.9 Å². The Kier molecular flexibility index (Phi) is 3.85. The van der Waals surface area contributed by atoms with E-state index in [1.807, 2.05) is 25.5 Å². The van der Waals surface area contributed by atoms with Gasteiger partial charge in [0.15, 0.2) is 0 Å². The number of hydrogen-bond acceptors (Lipinski definition) is 3. The first-order chi connectivity index (χ1) is 7.11. The molecule has 0 saturated heterocycles. The molecule has 0 fully saturated rings. The number of nitrogens with zero attached hydrogens (tertiary/aromatic N) is 2. The molecule has 5 heteroatoms. The van der Waals surface area contributed by atoms with Crippen LogP contribution in [0.4, 0.5) is 0 Å². The minimum atomic E-state index is -0.0878. The van der Waals surface area contributed by atoms with Crippen molar-refractivity contribution >= 4 is 5.91 Å². The largest absolute Gasteiger partial charge is 0.351 e. The zero-order valence-corrected chi connectivity index (χ0v) is 9.50. The number of aryl methyl sites for hydroxylation is 2. The summed E-state index contributed by atoms with van der Waals surface area (Å²) in [6.07, 6.45) is 0. The summed E-state index contributed by atoms with van der Waals surface area (Å²) < 4.78 is 1.83. The molecular weight excluding hydrogens is 192 g/mol. The second-order valence-electron chi connectivity index (χ2n) is 3.41. The van der Waals surface area contributed by atoms with Crippen molar-refractivity contribution in [1.82, 2.24) is 15.1 Å². The van der Waals surface area contributed by atoms with Crippen LogP contribution in [0.5, 0.6) is 0 Å². The van der Waals surface area contributed by atoms with Gasteiger partial charge >= 0.3 is 0 Å². The normalized spacial score (nSPS) is 10.4. The number of nitrogens with two attached hydrogens (primary N) is 1. The van der Waals surface area contributed by atoms with Crippen molar-refractivity contribution in [2.75, 3.05) is 13.1 Å². The van der Waals surface area contributed by atoms with Crippen LogP contribution in [-0.2, 0) is 6.54 Å². The molecule has 3 N–H and O–H groups in total. The summed E-state index contributed by atoms with van der Waals surface area (Å²) in [5, 5.41) is 7.03. The second kappa shape index (κ2) is 4.93. The highest BCUT2D eigenvalue weighted by molar-refractivity contribution is 5.96. The summed E-state index contributed by atoms with van der Waals surface area (Å²) >= 11 is 0. The van der Waals surface area contributed by atoms with Crippen LogP contribution in [0.2, 0.25) is 0 Å². The van der Waals surface area contributed by atoms with Gasteiger partial charge in [-0.1, -0.05) is 0 Å². The Morgan fingerprint density at radius 3 is 2.67 bits per heavy atom. The third kappa shape index (κ3) is 2.36. The molecule has 0 atom stereocenters. The number of amides is 1. The van der Waals surface area contributed by atoms with Crippen molar-refractivity contribution in [3.05, 3.63) is 17.0 Å². The van der Waals surface area contributed by atoms with Crippen LogP contribution < -0.4 is 11.1 Å². The molecule has 0 saturated carbocycles. The lowest BCUT2D eigenvalue weighted by Crippen LogP contribution is -2.29. The molecule has 0 aliphatic carbocycles. The predicted molar refractivity (Wildman–Crippen MR) is 58.8 cm³/mol. The lowest BCUT2D eigenvalue weighted by Gasteiger charge is -2.04. The Balaban J connectivity index is 2.93. The maximum atomic E-state index is 11.8. The average molecular weight is 210 g/mol. The van der Waals surface area contributed by atoms with E-state index in [1.165, 1.54) is 0 Å². The van der Waals surface area contributed by atoms with Gasteiger partial charge in [-0.25, -0.2) is 0 Å². The molecular formula is C10H18N4O. The first-order valence-corrected chi connectivity index (χ1v) is 5.14. The van der Waals surface area contributed by atoms with Gasteiger partial charge in [0.2, 0.25) is 0 Å². The van der Waals surface area contributed by atoms with Crippen LogP contribution in [0.3, 0.4) is 0 Å². The Hall–Kier alpha value is -1.36. The van der Waals surface area contributed by atoms with Crippen LogP contribution in [0.25, 0.3) is 0 Å². The molecule has 1 aromatic heterocycles. The van der Waals surface area contributed by atoms with E-state index in [-0.39, 0.29) is 5.91 Å². The lowest BCUT2D eigenvalue weighted by atomic mass is 10.2. The highest BCUT2D eigenvalue weighted by Crippen LogP contribution is 2.12. The van der Waals surface area contributed by atoms with E-state index >= 15 is 0 Å². The molecule has 5 nitrogen and oxygen atoms in total. The molecule has 1 heterocycles. The fraction of sp³-hybridized carbons (Fsp3) is 0.600. The first-order valence-electron chi connectivity index (χ1n) is 5.14. The van der Waals surface area contributed by atoms with E-state index < -0.39 is 0 Å². The zero-order chi connectivity index (χ0) is 11.4. The fourth-order valence-electron chi connectivity index (χ4n) is 1.61. The summed E-state index contributed by atoms with van der Waals surface area (Å²) in [4.78, 5) is 11.8. The zero-order valence-electron chi connectivity index (χ0n) is 9.50. The van der Waals surface area contributed by atoms with E-state index in [0.29, 0.717) is 18.7 Å². The number of hydrogen-bond donors (Lipinski definition) is 2. The van der Waals surface area contributed by atoms with E-state index in [0.717, 1.165) is 17.9 Å². The Morgan fingerprint density at radius 1 is 1.53 bits per heavy atom. The minimum Gasteiger partial charge on any atom is -0.351 e. The molecule has 1 amide bonds. The molecule has 1 rings (SSSR count). The van der Waals surface area contributed by atoms with Gasteiger partial charge in [-0.3, -0.25) is 9.48 Å². The van der Waals surface area contributed by atoms with Gasteiger partial charge in [0.1, 0.15) is 0 Å². The summed E-state index contributed by atoms with van der Waals surface area (Å²) in [5.41, 5.74) is 7.67. The second-order valence-corrected chi connectivity index (χ2v) is 3.41. The first kappa shape index (κ1) is 11.7. The third-order valence-corrected chi connectivity index (χ3v) is 2.34. The van der Waals surface area contributed by atoms with Gasteiger partial charge in [0.05, 0.1) is 11.3 Å². The SMILES string of the molecule is CCn1nc(C)c(C(=O)NCCN)c1C. The molecule has 0 aromatic carbocycles. The number of nitrogens with one attached hydrogen (secondary N) is 1. The van der Waals surface area contributed by atoms with Gasteiger partial charge in [0, 0.05) is 25.3 Å². The Labute approximate surface area is 89.6 Å². The quantitative estimate of drug-likeness (QED) is 0.746. The number of carbonyl (C=O) groups is 1. The van der Waals surface area contributed by atoms with Crippen LogP contribution in [0.15, 0.2) is 0 Å². The van der Waals surface area contributed by atoms with Gasteiger partial charge in [-0.2, -0.15) is 5.10 Å². The maximum absolute atomic E-state index is 11.8. The lowest BCUT2D eigenvalue weighted by molar-refractivity contribution is 0.0953. The van der Waals surface area contributed by atoms with E-state index in [1.54, 1.807) is 0 Å². The highest BCUT2D eigenvalue weighted by atomic mass is 16.1. The molecule has 0 aliphatic rings. The van der Waals surface area contributed by atoms with Gasteiger partial charge < -0.3 is 11.1 Å². The standard InChI is InChI=1S/C10H18N4O/c1-4-14-8(3)9(7(2)13-14)10(15)12-6-5-11/h4-6,11H2,1-3H3,(H,12,15). The van der Waals surface area contributed by atoms with E-state index in [9.17, 15) is 4.79 Å². The third-order valence-electron chi connectivity index (χ3n) is 2.34. The smallest absolute Gasteiger partial charge is 0.255 e. The molecule has 0 radical (unpaired) electrons. The van der Waals surface area contributed by atoms with Crippen LogP contribution >= 0.6 is 0 Å². The Bertz CT molecular complexity index is 357. The summed E-state index contributed by atoms with van der Waals surface area (Å²) in [5.74, 6) is -0.0878.